The Hall–Kier alpha value is -1.25. The molecule has 2 N–H and O–H groups in total. The normalized spacial score (nSPS) is 17.3. The van der Waals surface area contributed by atoms with E-state index < -0.39 is 0 Å². The number of ether oxygens (including phenoxy) is 1. The van der Waals surface area contributed by atoms with E-state index in [4.69, 9.17) is 10.5 Å². The van der Waals surface area contributed by atoms with E-state index in [0.717, 1.165) is 12.2 Å². The molecule has 2 rings (SSSR count). The Morgan fingerprint density at radius 2 is 2.12 bits per heavy atom. The molecule has 0 amide bonds. The van der Waals surface area contributed by atoms with Gasteiger partial charge in [-0.3, -0.25) is 0 Å². The molecule has 1 heterocycles. The van der Waals surface area contributed by atoms with Gasteiger partial charge in [-0.15, -0.1) is 0 Å². The van der Waals surface area contributed by atoms with Gasteiger partial charge in [-0.2, -0.15) is 0 Å². The zero-order valence-electron chi connectivity index (χ0n) is 9.91. The summed E-state index contributed by atoms with van der Waals surface area (Å²) in [5.41, 5.74) is 7.63. The lowest BCUT2D eigenvalue weighted by Crippen LogP contribution is -2.16. The van der Waals surface area contributed by atoms with E-state index >= 15 is 0 Å². The predicted molar refractivity (Wildman–Crippen MR) is 65.5 cm³/mol. The summed E-state index contributed by atoms with van der Waals surface area (Å²) in [7, 11) is 0. The number of aryl methyl sites for hydroxylation is 1. The highest BCUT2D eigenvalue weighted by Gasteiger charge is 2.15. The van der Waals surface area contributed by atoms with Crippen LogP contribution in [0.4, 0.5) is 5.69 Å². The monoisotopic (exact) mass is 220 g/mol. The molecule has 88 valence electrons. The smallest absolute Gasteiger partial charge is 0.237 e. The van der Waals surface area contributed by atoms with E-state index in [0.29, 0.717) is 17.5 Å². The maximum atomic E-state index is 5.91. The first-order valence-corrected chi connectivity index (χ1v) is 6.11. The van der Waals surface area contributed by atoms with Crippen LogP contribution in [0.1, 0.15) is 37.7 Å². The summed E-state index contributed by atoms with van der Waals surface area (Å²) < 4.78 is 5.72. The number of hydrogen-bond donors (Lipinski definition) is 1. The molecule has 3 heteroatoms. The third kappa shape index (κ3) is 2.65. The molecule has 1 saturated carbocycles. The molecule has 1 aromatic rings. The summed E-state index contributed by atoms with van der Waals surface area (Å²) in [6.45, 7) is 2.74. The van der Waals surface area contributed by atoms with Gasteiger partial charge in [-0.1, -0.05) is 19.3 Å². The average Bonchev–Trinajstić information content (AvgIpc) is 2.32. The Morgan fingerprint density at radius 1 is 1.38 bits per heavy atom. The van der Waals surface area contributed by atoms with Crippen molar-refractivity contribution in [2.45, 2.75) is 39.0 Å². The lowest BCUT2D eigenvalue weighted by Gasteiger charge is -2.21. The highest BCUT2D eigenvalue weighted by molar-refractivity contribution is 5.53. The van der Waals surface area contributed by atoms with Crippen LogP contribution in [-0.4, -0.2) is 11.6 Å². The number of nitrogen functional groups attached to an aromatic ring is 1. The Kier molecular flexibility index (Phi) is 3.65. The highest BCUT2D eigenvalue weighted by atomic mass is 16.5. The molecule has 0 aromatic carbocycles. The first-order valence-electron chi connectivity index (χ1n) is 6.11. The van der Waals surface area contributed by atoms with Crippen LogP contribution in [0, 0.1) is 12.8 Å². The first kappa shape index (κ1) is 11.2. The van der Waals surface area contributed by atoms with E-state index in [1.807, 2.05) is 13.0 Å². The van der Waals surface area contributed by atoms with Crippen LogP contribution in [-0.2, 0) is 0 Å². The van der Waals surface area contributed by atoms with Gasteiger partial charge >= 0.3 is 0 Å². The van der Waals surface area contributed by atoms with Crippen molar-refractivity contribution in [3.8, 4) is 5.88 Å². The number of rotatable bonds is 3. The SMILES string of the molecule is Cc1ccnc(OCC2CCCCC2)c1N. The van der Waals surface area contributed by atoms with Gasteiger partial charge in [0.1, 0.15) is 0 Å². The van der Waals surface area contributed by atoms with E-state index in [9.17, 15) is 0 Å². The van der Waals surface area contributed by atoms with Gasteiger partial charge in [-0.25, -0.2) is 4.98 Å². The summed E-state index contributed by atoms with van der Waals surface area (Å²) in [5, 5.41) is 0. The van der Waals surface area contributed by atoms with Crippen LogP contribution in [0.15, 0.2) is 12.3 Å². The molecule has 1 aromatic heterocycles. The lowest BCUT2D eigenvalue weighted by atomic mass is 9.90. The fraction of sp³-hybridized carbons (Fsp3) is 0.615. The van der Waals surface area contributed by atoms with Gasteiger partial charge in [0.25, 0.3) is 0 Å². The topological polar surface area (TPSA) is 48.1 Å². The molecule has 1 fully saturated rings. The summed E-state index contributed by atoms with van der Waals surface area (Å²) in [6, 6.07) is 1.91. The van der Waals surface area contributed by atoms with E-state index in [1.54, 1.807) is 6.20 Å². The van der Waals surface area contributed by atoms with Crippen molar-refractivity contribution in [2.24, 2.45) is 5.92 Å². The Bertz CT molecular complexity index is 346. The van der Waals surface area contributed by atoms with Crippen LogP contribution in [0.5, 0.6) is 5.88 Å². The minimum Gasteiger partial charge on any atom is -0.476 e. The number of nitrogens with two attached hydrogens (primary N) is 1. The molecular formula is C13H20N2O. The molecule has 0 unspecified atom stereocenters. The number of aromatic nitrogens is 1. The van der Waals surface area contributed by atoms with E-state index in [2.05, 4.69) is 4.98 Å². The van der Waals surface area contributed by atoms with Gasteiger partial charge in [0.05, 0.1) is 12.3 Å². The zero-order chi connectivity index (χ0) is 11.4. The Balaban J connectivity index is 1.91. The van der Waals surface area contributed by atoms with Crippen molar-refractivity contribution in [1.82, 2.24) is 4.98 Å². The molecule has 0 saturated heterocycles. The van der Waals surface area contributed by atoms with Gasteiger partial charge in [0.15, 0.2) is 0 Å². The third-order valence-electron chi connectivity index (χ3n) is 3.35. The Labute approximate surface area is 97.0 Å². The van der Waals surface area contributed by atoms with Crippen molar-refractivity contribution in [1.29, 1.82) is 0 Å². The molecule has 16 heavy (non-hydrogen) atoms. The second kappa shape index (κ2) is 5.19. The molecule has 1 aliphatic carbocycles. The molecule has 0 radical (unpaired) electrons. The van der Waals surface area contributed by atoms with Gasteiger partial charge in [-0.05, 0) is 37.3 Å². The molecule has 0 aliphatic heterocycles. The highest BCUT2D eigenvalue weighted by Crippen LogP contribution is 2.26. The number of pyridine rings is 1. The minimum atomic E-state index is 0.602. The maximum absolute atomic E-state index is 5.91. The van der Waals surface area contributed by atoms with E-state index in [1.165, 1.54) is 32.1 Å². The summed E-state index contributed by atoms with van der Waals surface area (Å²) in [5.74, 6) is 1.29. The summed E-state index contributed by atoms with van der Waals surface area (Å²) in [6.07, 6.45) is 8.37. The zero-order valence-corrected chi connectivity index (χ0v) is 9.91. The predicted octanol–water partition coefficient (Wildman–Crippen LogP) is 2.93. The molecular weight excluding hydrogens is 200 g/mol. The number of hydrogen-bond acceptors (Lipinski definition) is 3. The van der Waals surface area contributed by atoms with Crippen LogP contribution in [0.2, 0.25) is 0 Å². The van der Waals surface area contributed by atoms with Crippen LogP contribution < -0.4 is 10.5 Å². The molecule has 3 nitrogen and oxygen atoms in total. The van der Waals surface area contributed by atoms with Gasteiger partial charge < -0.3 is 10.5 Å². The van der Waals surface area contributed by atoms with Crippen molar-refractivity contribution in [3.05, 3.63) is 17.8 Å². The molecule has 0 bridgehead atoms. The van der Waals surface area contributed by atoms with Crippen molar-refractivity contribution in [3.63, 3.8) is 0 Å². The average molecular weight is 220 g/mol. The Morgan fingerprint density at radius 3 is 2.88 bits per heavy atom. The van der Waals surface area contributed by atoms with Crippen molar-refractivity contribution < 1.29 is 4.74 Å². The lowest BCUT2D eigenvalue weighted by molar-refractivity contribution is 0.204. The fourth-order valence-corrected chi connectivity index (χ4v) is 2.21. The first-order chi connectivity index (χ1) is 7.77. The van der Waals surface area contributed by atoms with Crippen molar-refractivity contribution in [2.75, 3.05) is 12.3 Å². The van der Waals surface area contributed by atoms with E-state index in [-0.39, 0.29) is 0 Å². The number of anilines is 1. The van der Waals surface area contributed by atoms with Crippen molar-refractivity contribution >= 4 is 5.69 Å². The summed E-state index contributed by atoms with van der Waals surface area (Å²) in [4.78, 5) is 4.18. The van der Waals surface area contributed by atoms with Crippen LogP contribution in [0.25, 0.3) is 0 Å². The minimum absolute atomic E-state index is 0.602. The van der Waals surface area contributed by atoms with Crippen LogP contribution >= 0.6 is 0 Å². The second-order valence-electron chi connectivity index (χ2n) is 4.66. The van der Waals surface area contributed by atoms with Gasteiger partial charge in [0.2, 0.25) is 5.88 Å². The van der Waals surface area contributed by atoms with Gasteiger partial charge in [0, 0.05) is 6.20 Å². The largest absolute Gasteiger partial charge is 0.476 e. The second-order valence-corrected chi connectivity index (χ2v) is 4.66. The molecule has 0 spiro atoms. The quantitative estimate of drug-likeness (QED) is 0.852. The third-order valence-corrected chi connectivity index (χ3v) is 3.35. The standard InChI is InChI=1S/C13H20N2O/c1-10-7-8-15-13(12(10)14)16-9-11-5-3-2-4-6-11/h7-8,11H,2-6,9,14H2,1H3. The number of nitrogens with zero attached hydrogens (tertiary/aromatic N) is 1. The fourth-order valence-electron chi connectivity index (χ4n) is 2.21. The van der Waals surface area contributed by atoms with Crippen LogP contribution in [0.3, 0.4) is 0 Å². The molecule has 1 aliphatic rings. The molecule has 0 atom stereocenters. The maximum Gasteiger partial charge on any atom is 0.237 e. The summed E-state index contributed by atoms with van der Waals surface area (Å²) >= 11 is 0.